The summed E-state index contributed by atoms with van der Waals surface area (Å²) in [6.45, 7) is 7.64. The minimum absolute atomic E-state index is 0. The van der Waals surface area contributed by atoms with Crippen LogP contribution in [0.15, 0.2) is 62.6 Å². The summed E-state index contributed by atoms with van der Waals surface area (Å²) >= 11 is -0.792. The van der Waals surface area contributed by atoms with E-state index in [-0.39, 0.29) is 24.8 Å². The number of rotatable bonds is 6. The van der Waals surface area contributed by atoms with Crippen molar-refractivity contribution in [2.75, 3.05) is 6.61 Å². The van der Waals surface area contributed by atoms with E-state index in [1.807, 2.05) is 3.28 Å². The van der Waals surface area contributed by atoms with Gasteiger partial charge in [0.05, 0.1) is 0 Å². The van der Waals surface area contributed by atoms with Crippen molar-refractivity contribution in [3.63, 3.8) is 0 Å². The van der Waals surface area contributed by atoms with Gasteiger partial charge in [-0.15, -0.1) is 0 Å². The predicted molar refractivity (Wildman–Crippen MR) is 114 cm³/mol. The van der Waals surface area contributed by atoms with Crippen LogP contribution in [0.4, 0.5) is 0 Å². The molecule has 5 heteroatoms. The maximum Gasteiger partial charge on any atom is -1.00 e. The molecule has 0 aromatic heterocycles. The van der Waals surface area contributed by atoms with Crippen molar-refractivity contribution in [3.8, 4) is 11.1 Å². The first-order valence-corrected chi connectivity index (χ1v) is 15.5. The summed E-state index contributed by atoms with van der Waals surface area (Å²) in [6.07, 6.45) is 5.63. The first-order chi connectivity index (χ1) is 13.1. The Labute approximate surface area is 200 Å². The van der Waals surface area contributed by atoms with Gasteiger partial charge in [-0.25, -0.2) is 0 Å². The number of aliphatic hydroxyl groups is 1. The zero-order valence-corrected chi connectivity index (χ0v) is 22.4. The van der Waals surface area contributed by atoms with Gasteiger partial charge in [0, 0.05) is 0 Å². The number of fused-ring (bicyclic) bond motifs is 3. The number of halogens is 2. The summed E-state index contributed by atoms with van der Waals surface area (Å²) in [4.78, 5) is 0. The van der Waals surface area contributed by atoms with Gasteiger partial charge in [-0.1, -0.05) is 0 Å². The van der Waals surface area contributed by atoms with Crippen LogP contribution in [0.3, 0.4) is 0 Å². The Hall–Kier alpha value is -0.440. The monoisotopic (exact) mass is 520 g/mol. The molecule has 4 rings (SSSR count). The van der Waals surface area contributed by atoms with E-state index >= 15 is 0 Å². The maximum atomic E-state index is 9.25. The first-order valence-electron chi connectivity index (χ1n) is 10.1. The second-order valence-electron chi connectivity index (χ2n) is 8.01. The van der Waals surface area contributed by atoms with Crippen LogP contribution in [0, 0.1) is 0 Å². The second-order valence-corrected chi connectivity index (χ2v) is 14.3. The Morgan fingerprint density at radius 2 is 1.76 bits per heavy atom. The van der Waals surface area contributed by atoms with Gasteiger partial charge in [0.1, 0.15) is 0 Å². The topological polar surface area (TPSA) is 20.2 Å². The Bertz CT molecular complexity index is 936. The molecule has 0 aliphatic heterocycles. The fraction of sp³-hybridized carbons (Fsp3) is 0.333. The molecule has 2 aliphatic rings. The molecule has 1 atom stereocenters. The molecule has 0 radical (unpaired) electrons. The minimum Gasteiger partial charge on any atom is -1.00 e. The van der Waals surface area contributed by atoms with Crippen molar-refractivity contribution < 1.29 is 53.2 Å². The van der Waals surface area contributed by atoms with Crippen LogP contribution in [0.25, 0.3) is 11.1 Å². The van der Waals surface area contributed by atoms with E-state index in [1.54, 1.807) is 19.6 Å². The van der Waals surface area contributed by atoms with Gasteiger partial charge in [-0.2, -0.15) is 0 Å². The third-order valence-electron chi connectivity index (χ3n) is 5.95. The normalized spacial score (nSPS) is 16.6. The summed E-state index contributed by atoms with van der Waals surface area (Å²) in [7, 11) is -0.847. The van der Waals surface area contributed by atoms with E-state index in [4.69, 9.17) is 0 Å². The largest absolute Gasteiger partial charge is 1.00 e. The summed E-state index contributed by atoms with van der Waals surface area (Å²) < 4.78 is 3.49. The molecule has 2 aromatic rings. The average molecular weight is 523 g/mol. The number of hydrogen-bond acceptors (Lipinski definition) is 1. The molecule has 0 spiro atoms. The summed E-state index contributed by atoms with van der Waals surface area (Å²) in [5.41, 5.74) is 7.62. The molecule has 29 heavy (non-hydrogen) atoms. The molecule has 1 nitrogen and oxygen atoms in total. The van der Waals surface area contributed by atoms with E-state index in [0.29, 0.717) is 12.5 Å². The number of benzene rings is 2. The summed E-state index contributed by atoms with van der Waals surface area (Å²) in [5, 5.41) is 11.0. The van der Waals surface area contributed by atoms with Crippen LogP contribution in [0.1, 0.15) is 43.2 Å². The molecular weight excluding hydrogens is 494 g/mol. The van der Waals surface area contributed by atoms with Gasteiger partial charge in [-0.05, 0) is 0 Å². The number of aliphatic hydroxyl groups excluding tert-OH is 1. The summed E-state index contributed by atoms with van der Waals surface area (Å²) in [5.74, 6) is 0.525. The van der Waals surface area contributed by atoms with Crippen molar-refractivity contribution in [3.05, 3.63) is 73.7 Å². The molecule has 0 bridgehead atoms. The Balaban J connectivity index is 0.00000150. The van der Waals surface area contributed by atoms with Crippen LogP contribution in [-0.4, -0.2) is 20.5 Å². The van der Waals surface area contributed by atoms with E-state index < -0.39 is 32.0 Å². The van der Waals surface area contributed by atoms with E-state index in [1.165, 1.54) is 23.1 Å². The van der Waals surface area contributed by atoms with E-state index in [9.17, 15) is 5.11 Å². The number of hydrogen-bond donors (Lipinski definition) is 1. The Morgan fingerprint density at radius 1 is 1.03 bits per heavy atom. The quantitative estimate of drug-likeness (QED) is 0.479. The molecule has 2 aliphatic carbocycles. The third kappa shape index (κ3) is 4.75. The zero-order chi connectivity index (χ0) is 19.0. The smallest absolute Gasteiger partial charge is 1.00 e. The SMILES string of the molecule is CC1c2ccccc2-c2ccc[c]([Zr+2][C]3=C([SiH](C)C)C(CCCO)=CC3)c21.[Cl-].[Cl-]. The average Bonchev–Trinajstić information content (AvgIpc) is 3.20. The third-order valence-corrected chi connectivity index (χ3v) is 12.2. The van der Waals surface area contributed by atoms with Gasteiger partial charge in [0.15, 0.2) is 0 Å². The second kappa shape index (κ2) is 10.7. The van der Waals surface area contributed by atoms with Gasteiger partial charge >= 0.3 is 177 Å². The molecule has 1 unspecified atom stereocenters. The molecule has 0 saturated heterocycles. The van der Waals surface area contributed by atoms with Crippen molar-refractivity contribution in [1.82, 2.24) is 0 Å². The van der Waals surface area contributed by atoms with Crippen LogP contribution >= 0.6 is 0 Å². The first kappa shape index (κ1) is 24.8. The molecule has 0 amide bonds. The molecule has 0 fully saturated rings. The minimum atomic E-state index is -0.847. The standard InChI is InChI=1S/C14H11.C10H17OSi.2ClH.Zr/c1-10-11-6-2-4-8-13(11)14-9-5-3-7-12(10)14;1-12(2)10-7-3-5-9(10)6-4-8-11;;;/h2-6,8-10H,1H3;5,11-12H,3-4,6,8H2,1-2H3;2*1H;/q;;;;+2/p-2. The fourth-order valence-corrected chi connectivity index (χ4v) is 12.8. The van der Waals surface area contributed by atoms with E-state index in [0.717, 1.165) is 12.8 Å². The van der Waals surface area contributed by atoms with Crippen molar-refractivity contribution in [2.24, 2.45) is 0 Å². The molecule has 152 valence electrons. The maximum absolute atomic E-state index is 9.25. The fourth-order valence-electron chi connectivity index (χ4n) is 4.80. The van der Waals surface area contributed by atoms with Crippen LogP contribution in [0.5, 0.6) is 0 Å². The van der Waals surface area contributed by atoms with Gasteiger partial charge < -0.3 is 24.8 Å². The Morgan fingerprint density at radius 3 is 2.48 bits per heavy atom. The van der Waals surface area contributed by atoms with Crippen molar-refractivity contribution >= 4 is 12.1 Å². The van der Waals surface area contributed by atoms with Gasteiger partial charge in [0.25, 0.3) is 0 Å². The zero-order valence-electron chi connectivity index (χ0n) is 17.3. The van der Waals surface area contributed by atoms with Crippen molar-refractivity contribution in [2.45, 2.75) is 45.2 Å². The van der Waals surface area contributed by atoms with Gasteiger partial charge in [0.2, 0.25) is 0 Å². The van der Waals surface area contributed by atoms with Crippen molar-refractivity contribution in [1.29, 1.82) is 0 Å². The molecule has 0 saturated carbocycles. The predicted octanol–water partition coefficient (Wildman–Crippen LogP) is -1.08. The molecule has 0 heterocycles. The molecule has 2 aromatic carbocycles. The Kier molecular flexibility index (Phi) is 9.19. The van der Waals surface area contributed by atoms with Gasteiger partial charge in [-0.3, -0.25) is 0 Å². The van der Waals surface area contributed by atoms with Crippen LogP contribution < -0.4 is 28.1 Å². The summed E-state index contributed by atoms with van der Waals surface area (Å²) in [6, 6.07) is 16.0. The molecular formula is C24H28Cl2OSiZr. The molecule has 1 N–H and O–H groups in total. The van der Waals surface area contributed by atoms with Crippen LogP contribution in [0.2, 0.25) is 13.1 Å². The van der Waals surface area contributed by atoms with E-state index in [2.05, 4.69) is 68.6 Å². The van der Waals surface area contributed by atoms with Crippen LogP contribution in [-0.2, 0) is 23.2 Å². The number of allylic oxidation sites excluding steroid dienone is 4.